The third-order valence-corrected chi connectivity index (χ3v) is 2.79. The molecule has 1 saturated heterocycles. The molecule has 0 saturated carbocycles. The zero-order valence-corrected chi connectivity index (χ0v) is 8.54. The second kappa shape index (κ2) is 3.91. The van der Waals surface area contributed by atoms with Crippen LogP contribution in [0.25, 0.3) is 0 Å². The van der Waals surface area contributed by atoms with Crippen LogP contribution in [-0.4, -0.2) is 45.1 Å². The molecule has 0 aliphatic carbocycles. The maximum atomic E-state index is 10.8. The maximum Gasteiger partial charge on any atom is 0.264 e. The third-order valence-electron chi connectivity index (χ3n) is 2.19. The van der Waals surface area contributed by atoms with Crippen molar-refractivity contribution in [3.63, 3.8) is 0 Å². The summed E-state index contributed by atoms with van der Waals surface area (Å²) in [5, 5.41) is 12.3. The molecule has 13 heavy (non-hydrogen) atoms. The van der Waals surface area contributed by atoms with Crippen molar-refractivity contribution in [2.75, 3.05) is 19.3 Å². The van der Waals surface area contributed by atoms with Crippen molar-refractivity contribution in [2.24, 2.45) is 5.92 Å². The SMILES string of the molecule is C[C@H]1[C@@H](O)CNC[C@H]1OS(C)(=O)=O. The number of β-amino-alcohol motifs (C(OH)–C–C–N with tert-alkyl or cyclic N) is 1. The van der Waals surface area contributed by atoms with E-state index in [9.17, 15) is 13.5 Å². The van der Waals surface area contributed by atoms with Crippen molar-refractivity contribution in [1.82, 2.24) is 5.32 Å². The molecule has 6 heteroatoms. The highest BCUT2D eigenvalue weighted by atomic mass is 32.2. The summed E-state index contributed by atoms with van der Waals surface area (Å²) in [4.78, 5) is 0. The molecule has 0 bridgehead atoms. The minimum Gasteiger partial charge on any atom is -0.391 e. The minimum atomic E-state index is -3.43. The summed E-state index contributed by atoms with van der Waals surface area (Å²) in [7, 11) is -3.43. The molecule has 0 unspecified atom stereocenters. The molecule has 1 aliphatic heterocycles. The van der Waals surface area contributed by atoms with Gasteiger partial charge in [0.05, 0.1) is 18.5 Å². The number of piperidine rings is 1. The summed E-state index contributed by atoms with van der Waals surface area (Å²) in [5.74, 6) is -0.157. The van der Waals surface area contributed by atoms with Gasteiger partial charge in [-0.3, -0.25) is 4.18 Å². The van der Waals surface area contributed by atoms with Crippen LogP contribution in [0.3, 0.4) is 0 Å². The fraction of sp³-hybridized carbons (Fsp3) is 1.00. The lowest BCUT2D eigenvalue weighted by atomic mass is 9.95. The normalized spacial score (nSPS) is 36.1. The van der Waals surface area contributed by atoms with E-state index in [1.165, 1.54) is 0 Å². The standard InChI is InChI=1S/C7H15NO4S/c1-5-6(9)3-8-4-7(5)12-13(2,10)11/h5-9H,3-4H2,1-2H3/t5-,6-,7+/m0/s1. The van der Waals surface area contributed by atoms with Crippen LogP contribution in [0.15, 0.2) is 0 Å². The smallest absolute Gasteiger partial charge is 0.264 e. The summed E-state index contributed by atoms with van der Waals surface area (Å²) in [6.07, 6.45) is 0.0139. The van der Waals surface area contributed by atoms with Gasteiger partial charge in [0.25, 0.3) is 10.1 Å². The quantitative estimate of drug-likeness (QED) is 0.566. The van der Waals surface area contributed by atoms with Crippen molar-refractivity contribution in [1.29, 1.82) is 0 Å². The van der Waals surface area contributed by atoms with E-state index in [-0.39, 0.29) is 5.92 Å². The first-order chi connectivity index (χ1) is 5.90. The Hall–Kier alpha value is -0.170. The van der Waals surface area contributed by atoms with Gasteiger partial charge in [0.2, 0.25) is 0 Å². The number of hydrogen-bond acceptors (Lipinski definition) is 5. The predicted octanol–water partition coefficient (Wildman–Crippen LogP) is -1.07. The summed E-state index contributed by atoms with van der Waals surface area (Å²) >= 11 is 0. The lowest BCUT2D eigenvalue weighted by Crippen LogP contribution is -2.50. The van der Waals surface area contributed by atoms with Gasteiger partial charge in [-0.1, -0.05) is 6.92 Å². The van der Waals surface area contributed by atoms with Gasteiger partial charge in [0.1, 0.15) is 0 Å². The Morgan fingerprint density at radius 3 is 2.62 bits per heavy atom. The lowest BCUT2D eigenvalue weighted by molar-refractivity contribution is 0.0139. The highest BCUT2D eigenvalue weighted by Gasteiger charge is 2.31. The summed E-state index contributed by atoms with van der Waals surface area (Å²) in [6, 6.07) is 0. The molecule has 1 rings (SSSR count). The number of aliphatic hydroxyl groups excluding tert-OH is 1. The van der Waals surface area contributed by atoms with Gasteiger partial charge >= 0.3 is 0 Å². The molecule has 5 nitrogen and oxygen atoms in total. The molecular formula is C7H15NO4S. The van der Waals surface area contributed by atoms with Crippen molar-refractivity contribution >= 4 is 10.1 Å². The molecule has 1 fully saturated rings. The highest BCUT2D eigenvalue weighted by molar-refractivity contribution is 7.86. The van der Waals surface area contributed by atoms with Crippen LogP contribution in [0, 0.1) is 5.92 Å². The van der Waals surface area contributed by atoms with E-state index in [2.05, 4.69) is 5.32 Å². The van der Waals surface area contributed by atoms with E-state index in [4.69, 9.17) is 4.18 Å². The van der Waals surface area contributed by atoms with Crippen molar-refractivity contribution in [3.8, 4) is 0 Å². The molecule has 1 aliphatic rings. The molecule has 2 N–H and O–H groups in total. The van der Waals surface area contributed by atoms with Gasteiger partial charge in [-0.15, -0.1) is 0 Å². The van der Waals surface area contributed by atoms with Crippen LogP contribution in [0.1, 0.15) is 6.92 Å². The molecular weight excluding hydrogens is 194 g/mol. The first-order valence-electron chi connectivity index (χ1n) is 4.17. The number of hydrogen-bond donors (Lipinski definition) is 2. The Morgan fingerprint density at radius 2 is 2.08 bits per heavy atom. The molecule has 0 amide bonds. The first kappa shape index (κ1) is 10.9. The van der Waals surface area contributed by atoms with E-state index in [1.807, 2.05) is 0 Å². The van der Waals surface area contributed by atoms with E-state index in [0.29, 0.717) is 13.1 Å². The minimum absolute atomic E-state index is 0.157. The van der Waals surface area contributed by atoms with E-state index in [1.54, 1.807) is 6.92 Å². The Bertz CT molecular complexity index is 264. The zero-order chi connectivity index (χ0) is 10.1. The second-order valence-corrected chi connectivity index (χ2v) is 5.02. The fourth-order valence-corrected chi connectivity index (χ4v) is 2.03. The van der Waals surface area contributed by atoms with Gasteiger partial charge < -0.3 is 10.4 Å². The van der Waals surface area contributed by atoms with Gasteiger partial charge in [-0.25, -0.2) is 0 Å². The highest BCUT2D eigenvalue weighted by Crippen LogP contribution is 2.16. The summed E-state index contributed by atoms with van der Waals surface area (Å²) in [6.45, 7) is 2.73. The molecule has 78 valence electrons. The van der Waals surface area contributed by atoms with Gasteiger partial charge in [-0.2, -0.15) is 8.42 Å². The maximum absolute atomic E-state index is 10.8. The monoisotopic (exact) mass is 209 g/mol. The van der Waals surface area contributed by atoms with Crippen LogP contribution in [0.4, 0.5) is 0 Å². The third kappa shape index (κ3) is 3.22. The van der Waals surface area contributed by atoms with Crippen LogP contribution in [0.2, 0.25) is 0 Å². The van der Waals surface area contributed by atoms with Gasteiger partial charge in [0.15, 0.2) is 0 Å². The van der Waals surface area contributed by atoms with Crippen molar-refractivity contribution in [3.05, 3.63) is 0 Å². The predicted molar refractivity (Wildman–Crippen MR) is 47.8 cm³/mol. The second-order valence-electron chi connectivity index (χ2n) is 3.42. The number of aliphatic hydroxyl groups is 1. The largest absolute Gasteiger partial charge is 0.391 e. The number of rotatable bonds is 2. The fourth-order valence-electron chi connectivity index (χ4n) is 1.34. The topological polar surface area (TPSA) is 75.6 Å². The Morgan fingerprint density at radius 1 is 1.46 bits per heavy atom. The van der Waals surface area contributed by atoms with Crippen molar-refractivity contribution in [2.45, 2.75) is 19.1 Å². The average Bonchev–Trinajstić information content (AvgIpc) is 1.96. The average molecular weight is 209 g/mol. The van der Waals surface area contributed by atoms with Crippen LogP contribution in [-0.2, 0) is 14.3 Å². The van der Waals surface area contributed by atoms with E-state index in [0.717, 1.165) is 6.26 Å². The molecule has 3 atom stereocenters. The van der Waals surface area contributed by atoms with Crippen LogP contribution < -0.4 is 5.32 Å². The van der Waals surface area contributed by atoms with E-state index >= 15 is 0 Å². The van der Waals surface area contributed by atoms with Crippen LogP contribution in [0.5, 0.6) is 0 Å². The Kier molecular flexibility index (Phi) is 3.28. The number of nitrogens with one attached hydrogen (secondary N) is 1. The molecule has 0 aromatic rings. The molecule has 0 aromatic carbocycles. The van der Waals surface area contributed by atoms with Gasteiger partial charge in [-0.05, 0) is 0 Å². The van der Waals surface area contributed by atoms with Crippen LogP contribution >= 0.6 is 0 Å². The summed E-state index contributed by atoms with van der Waals surface area (Å²) in [5.41, 5.74) is 0. The molecule has 1 heterocycles. The lowest BCUT2D eigenvalue weighted by Gasteiger charge is -2.32. The molecule has 0 aromatic heterocycles. The first-order valence-corrected chi connectivity index (χ1v) is 5.99. The van der Waals surface area contributed by atoms with E-state index < -0.39 is 22.3 Å². The van der Waals surface area contributed by atoms with Crippen molar-refractivity contribution < 1.29 is 17.7 Å². The Labute approximate surface area is 78.2 Å². The summed E-state index contributed by atoms with van der Waals surface area (Å²) < 4.78 is 26.5. The molecule has 0 spiro atoms. The van der Waals surface area contributed by atoms with Gasteiger partial charge in [0, 0.05) is 19.0 Å². The Balaban J connectivity index is 2.59. The molecule has 0 radical (unpaired) electrons. The zero-order valence-electron chi connectivity index (χ0n) is 7.73.